The van der Waals surface area contributed by atoms with Crippen LogP contribution in [0, 0.1) is 27.6 Å². The van der Waals surface area contributed by atoms with E-state index in [2.05, 4.69) is 296 Å². The second-order valence-corrected chi connectivity index (χ2v) is 35.6. The lowest BCUT2D eigenvalue weighted by molar-refractivity contribution is 0.0754. The summed E-state index contributed by atoms with van der Waals surface area (Å²) in [5.74, 6) is 0.226. The molecule has 0 aromatic heterocycles. The van der Waals surface area contributed by atoms with Gasteiger partial charge in [0.25, 0.3) is 0 Å². The predicted octanol–water partition coefficient (Wildman–Crippen LogP) is 25.2. The van der Waals surface area contributed by atoms with Crippen molar-refractivity contribution in [1.29, 1.82) is 0 Å². The first-order valence-corrected chi connectivity index (χ1v) is 39.8. The Kier molecular flexibility index (Phi) is 38.0. The van der Waals surface area contributed by atoms with Gasteiger partial charge in [0.2, 0.25) is 0 Å². The second kappa shape index (κ2) is 42.6. The molecule has 4 aliphatic carbocycles. The van der Waals surface area contributed by atoms with Gasteiger partial charge >= 0.3 is 23.5 Å². The van der Waals surface area contributed by atoms with Crippen molar-refractivity contribution >= 4 is 23.5 Å². The van der Waals surface area contributed by atoms with Crippen LogP contribution < -0.4 is 0 Å². The number of hydrogen-bond acceptors (Lipinski definition) is 13. The predicted molar refractivity (Wildman–Crippen MR) is 430 cm³/mol. The average Bonchev–Trinajstić information content (AvgIpc) is 0.818. The average molecular weight is 1460 g/mol. The standard InChI is InChI=1S/C44H66O8P2.C42H61O5P/c1-33(21-17-23-35(3)25-27-41-37(5)29-39(31-43(41,7)8)51-53(45,47-11)48-12)19-15-16-20-34(2)22-18-24-36(4)26-28-42-38(6)30-40(32-44(42,9)10)52-54(46,49-13)50-14;1-31(19-15-21-33(3)23-25-39-35(5)27-37(43)29-41(39,7)8)17-13-14-18-32(2)20-16-22-34(4)24-26-40-36(6)28-38(30-42(40,9)10)47-48(44,45-11)46-12/h15-29,39-41H,30-32H2,1-14H3;13-26,37-38,43H,27-30H2,1-12H3/b16-15+,21-17+,22-18+,27-25+,28-26+,33-19+,34-20+,35-23+,36-24+;14-13+,19-15+,20-16+,25-23+,26-24+,31-17+,32-18+,33-21+,34-22+. The molecule has 1 N–H and O–H groups in total. The Hall–Kier alpha value is -5.43. The van der Waals surface area contributed by atoms with Gasteiger partial charge in [-0.05, 0) is 166 Å². The first-order valence-electron chi connectivity index (χ1n) is 35.5. The van der Waals surface area contributed by atoms with E-state index in [1.165, 1.54) is 92.8 Å². The molecule has 0 saturated heterocycles. The van der Waals surface area contributed by atoms with Gasteiger partial charge in [-0.1, -0.05) is 298 Å². The third-order valence-corrected chi connectivity index (χ3v) is 23.0. The summed E-state index contributed by atoms with van der Waals surface area (Å²) in [5.41, 5.74) is 17.6. The summed E-state index contributed by atoms with van der Waals surface area (Å²) < 4.78 is 84.6. The van der Waals surface area contributed by atoms with Crippen molar-refractivity contribution in [3.63, 3.8) is 0 Å². The Morgan fingerprint density at radius 1 is 0.382 bits per heavy atom. The highest BCUT2D eigenvalue weighted by molar-refractivity contribution is 7.49. The van der Waals surface area contributed by atoms with E-state index >= 15 is 0 Å². The molecule has 0 fully saturated rings. The summed E-state index contributed by atoms with van der Waals surface area (Å²) in [4.78, 5) is 0. The maximum absolute atomic E-state index is 12.5. The van der Waals surface area contributed by atoms with Crippen LogP contribution in [0.1, 0.15) is 183 Å². The van der Waals surface area contributed by atoms with E-state index in [1.807, 2.05) is 18.2 Å². The summed E-state index contributed by atoms with van der Waals surface area (Å²) >= 11 is 0. The topological polar surface area (TPSA) is 155 Å². The first kappa shape index (κ1) is 90.8. The van der Waals surface area contributed by atoms with Gasteiger partial charge in [0.1, 0.15) is 0 Å². The van der Waals surface area contributed by atoms with Crippen LogP contribution in [-0.2, 0) is 54.4 Å². The molecular weight excluding hydrogens is 1330 g/mol. The molecule has 4 aliphatic rings. The number of hydrogen-bond donors (Lipinski definition) is 1. The van der Waals surface area contributed by atoms with Crippen molar-refractivity contribution in [2.75, 3.05) is 42.7 Å². The van der Waals surface area contributed by atoms with Crippen molar-refractivity contribution in [1.82, 2.24) is 0 Å². The molecule has 102 heavy (non-hydrogen) atoms. The van der Waals surface area contributed by atoms with Crippen molar-refractivity contribution in [3.8, 4) is 0 Å². The number of phosphoric acid groups is 3. The molecule has 0 aromatic rings. The lowest BCUT2D eigenvalue weighted by atomic mass is 9.67. The molecule has 13 nitrogen and oxygen atoms in total. The van der Waals surface area contributed by atoms with E-state index in [0.717, 1.165) is 59.1 Å². The van der Waals surface area contributed by atoms with Crippen LogP contribution in [0.15, 0.2) is 260 Å². The summed E-state index contributed by atoms with van der Waals surface area (Å²) in [7, 11) is -2.56. The summed E-state index contributed by atoms with van der Waals surface area (Å²) in [5, 5.41) is 10.1. The molecule has 5 atom stereocenters. The number of aliphatic hydroxyl groups is 1. The zero-order valence-corrected chi connectivity index (χ0v) is 69.5. The minimum atomic E-state index is -3.55. The molecule has 0 saturated carbocycles. The Bertz CT molecular complexity index is 3690. The Morgan fingerprint density at radius 2 is 0.657 bits per heavy atom. The van der Waals surface area contributed by atoms with E-state index in [4.69, 9.17) is 40.7 Å². The van der Waals surface area contributed by atoms with Gasteiger partial charge in [-0.25, -0.2) is 13.7 Å². The highest BCUT2D eigenvalue weighted by atomic mass is 31.2. The molecule has 0 radical (unpaired) electrons. The highest BCUT2D eigenvalue weighted by Crippen LogP contribution is 2.56. The molecule has 0 bridgehead atoms. The maximum Gasteiger partial charge on any atom is 0.474 e. The highest BCUT2D eigenvalue weighted by Gasteiger charge is 2.41. The van der Waals surface area contributed by atoms with Crippen LogP contribution in [0.25, 0.3) is 0 Å². The number of allylic oxidation sites excluding steroid dienone is 40. The fourth-order valence-electron chi connectivity index (χ4n) is 13.4. The minimum Gasteiger partial charge on any atom is -0.393 e. The van der Waals surface area contributed by atoms with Gasteiger partial charge in [0.05, 0.1) is 24.4 Å². The number of rotatable bonds is 32. The van der Waals surface area contributed by atoms with E-state index in [9.17, 15) is 18.8 Å². The zero-order chi connectivity index (χ0) is 76.9. The molecule has 0 amide bonds. The third-order valence-electron chi connectivity index (χ3n) is 18.7. The van der Waals surface area contributed by atoms with Crippen molar-refractivity contribution in [2.24, 2.45) is 27.6 Å². The van der Waals surface area contributed by atoms with E-state index in [-0.39, 0.29) is 52.0 Å². The Morgan fingerprint density at radius 3 is 0.951 bits per heavy atom. The normalized spacial score (nSPS) is 23.9. The third kappa shape index (κ3) is 31.7. The van der Waals surface area contributed by atoms with Gasteiger partial charge in [-0.15, -0.1) is 0 Å². The number of phosphoric ester groups is 3. The fraction of sp³-hybridized carbons (Fsp3) is 0.488. The molecule has 0 heterocycles. The van der Waals surface area contributed by atoms with Gasteiger partial charge in [-0.2, -0.15) is 0 Å². The lowest BCUT2D eigenvalue weighted by Crippen LogP contribution is -2.33. The minimum absolute atomic E-state index is 0.00585. The number of aliphatic hydroxyl groups excluding tert-OH is 1. The Balaban J connectivity index is 0.000000534. The van der Waals surface area contributed by atoms with Crippen molar-refractivity contribution < 1.29 is 59.5 Å². The summed E-state index contributed by atoms with van der Waals surface area (Å²) in [6, 6.07) is 0. The lowest BCUT2D eigenvalue weighted by Gasteiger charge is -2.40. The van der Waals surface area contributed by atoms with Crippen LogP contribution in [0.2, 0.25) is 0 Å². The summed E-state index contributed by atoms with van der Waals surface area (Å²) in [6.45, 7) is 42.7. The van der Waals surface area contributed by atoms with Crippen LogP contribution in [-0.4, -0.2) is 72.2 Å². The largest absolute Gasteiger partial charge is 0.474 e. The zero-order valence-electron chi connectivity index (χ0n) is 66.8. The van der Waals surface area contributed by atoms with Gasteiger partial charge in [0.15, 0.2) is 0 Å². The molecule has 16 heteroatoms. The van der Waals surface area contributed by atoms with Gasteiger partial charge in [0, 0.05) is 48.6 Å². The van der Waals surface area contributed by atoms with E-state index in [0.29, 0.717) is 19.3 Å². The van der Waals surface area contributed by atoms with Crippen molar-refractivity contribution in [3.05, 3.63) is 260 Å². The van der Waals surface area contributed by atoms with Gasteiger partial charge in [-0.3, -0.25) is 40.7 Å². The van der Waals surface area contributed by atoms with Gasteiger partial charge < -0.3 is 5.11 Å². The van der Waals surface area contributed by atoms with E-state index in [1.54, 1.807) is 0 Å². The molecule has 4 rings (SSSR count). The van der Waals surface area contributed by atoms with Crippen LogP contribution in [0.4, 0.5) is 0 Å². The second-order valence-electron chi connectivity index (χ2n) is 30.1. The van der Waals surface area contributed by atoms with Crippen molar-refractivity contribution in [2.45, 2.75) is 208 Å². The molecule has 5 unspecified atom stereocenters. The maximum atomic E-state index is 12.5. The molecule has 0 aromatic carbocycles. The fourth-order valence-corrected chi connectivity index (χ4v) is 15.9. The molecule has 564 valence electrons. The summed E-state index contributed by atoms with van der Waals surface area (Å²) in [6.07, 6.45) is 65.3. The Labute approximate surface area is 617 Å². The molecule has 0 aliphatic heterocycles. The van der Waals surface area contributed by atoms with Crippen LogP contribution >= 0.6 is 23.5 Å². The van der Waals surface area contributed by atoms with E-state index < -0.39 is 23.5 Å². The molecule has 0 spiro atoms. The van der Waals surface area contributed by atoms with Crippen LogP contribution in [0.5, 0.6) is 0 Å². The molecular formula is C86H127O13P3. The quantitative estimate of drug-likeness (QED) is 0.0386. The van der Waals surface area contributed by atoms with Crippen LogP contribution in [0.3, 0.4) is 0 Å². The monoisotopic (exact) mass is 1460 g/mol. The first-order chi connectivity index (χ1) is 47.6. The smallest absolute Gasteiger partial charge is 0.393 e. The SMILES string of the molecule is COP(=O)(OC)OC1C=C(C)C(/C=C/C(C)=C/C=C/C(C)=C/C=C/C=C(C)/C=C/C=C(C)/C=C/C2=C(C)CC(OP(=O)(OC)OC)CC2(C)C)C(C)(C)C1.COP(=O)(OC)OC1CC(C)=C(/C=C/C(C)=C/C=C/C(C)=C/C=C/C=C(C)/C=C/C=C(C)/C=C/C2=C(C)CC(O)CC2(C)C)C(C)(C)C1.